The summed E-state index contributed by atoms with van der Waals surface area (Å²) in [5.74, 6) is 0.232. The monoisotopic (exact) mass is 352 g/mol. The third-order valence-corrected chi connectivity index (χ3v) is 4.39. The lowest BCUT2D eigenvalue weighted by atomic mass is 9.92. The first-order valence-corrected chi connectivity index (χ1v) is 9.07. The Labute approximate surface area is 156 Å². The van der Waals surface area contributed by atoms with Crippen LogP contribution < -0.4 is 10.2 Å². The highest BCUT2D eigenvalue weighted by Gasteiger charge is 2.19. The average molecular weight is 352 g/mol. The molecule has 0 aliphatic rings. The fraction of sp³-hybridized carbons (Fsp3) is 0.364. The van der Waals surface area contributed by atoms with Gasteiger partial charge in [-0.15, -0.1) is 0 Å². The Kier molecular flexibility index (Phi) is 6.56. The minimum absolute atomic E-state index is 0.0106. The normalized spacial score (nSPS) is 10.9. The lowest BCUT2D eigenvalue weighted by Crippen LogP contribution is -2.37. The van der Waals surface area contributed by atoms with Gasteiger partial charge in [0.15, 0.2) is 0 Å². The highest BCUT2D eigenvalue weighted by molar-refractivity contribution is 6.02. The number of anilines is 2. The van der Waals surface area contributed by atoms with Crippen molar-refractivity contribution in [3.05, 3.63) is 59.7 Å². The molecule has 2 rings (SSSR count). The lowest BCUT2D eigenvalue weighted by molar-refractivity contribution is -0.120. The molecule has 4 heteroatoms. The largest absolute Gasteiger partial charge is 0.324 e. The first kappa shape index (κ1) is 19.7. The summed E-state index contributed by atoms with van der Waals surface area (Å²) in [6.45, 7) is 9.91. The SMILES string of the molecule is CC(=O)N(CC(=O)Nc1c(C(C)C)cccc1C(C)C)c1ccccc1. The Morgan fingerprint density at radius 3 is 1.88 bits per heavy atom. The number of hydrogen-bond acceptors (Lipinski definition) is 2. The summed E-state index contributed by atoms with van der Waals surface area (Å²) in [6.07, 6.45) is 0. The molecule has 138 valence electrons. The van der Waals surface area contributed by atoms with Crippen LogP contribution in [0.4, 0.5) is 11.4 Å². The number of para-hydroxylation sites is 2. The summed E-state index contributed by atoms with van der Waals surface area (Å²) in [7, 11) is 0. The molecule has 0 aromatic heterocycles. The second kappa shape index (κ2) is 8.65. The fourth-order valence-corrected chi connectivity index (χ4v) is 3.01. The minimum atomic E-state index is -0.195. The van der Waals surface area contributed by atoms with Crippen LogP contribution in [0.2, 0.25) is 0 Å². The Balaban J connectivity index is 2.28. The molecule has 26 heavy (non-hydrogen) atoms. The van der Waals surface area contributed by atoms with Crippen molar-refractivity contribution in [3.63, 3.8) is 0 Å². The number of hydrogen-bond donors (Lipinski definition) is 1. The number of nitrogens with one attached hydrogen (secondary N) is 1. The molecule has 0 aliphatic carbocycles. The van der Waals surface area contributed by atoms with Gasteiger partial charge in [-0.05, 0) is 35.1 Å². The Morgan fingerprint density at radius 1 is 0.885 bits per heavy atom. The molecule has 2 aromatic carbocycles. The van der Waals surface area contributed by atoms with E-state index < -0.39 is 0 Å². The summed E-state index contributed by atoms with van der Waals surface area (Å²) >= 11 is 0. The fourth-order valence-electron chi connectivity index (χ4n) is 3.01. The molecule has 1 N–H and O–H groups in total. The second-order valence-corrected chi connectivity index (χ2v) is 7.11. The number of nitrogens with zero attached hydrogens (tertiary/aromatic N) is 1. The molecule has 0 saturated carbocycles. The van der Waals surface area contributed by atoms with E-state index in [0.717, 1.165) is 22.5 Å². The molecule has 0 unspecified atom stereocenters. The van der Waals surface area contributed by atoms with Crippen molar-refractivity contribution >= 4 is 23.2 Å². The summed E-state index contributed by atoms with van der Waals surface area (Å²) in [6, 6.07) is 15.4. The topological polar surface area (TPSA) is 49.4 Å². The van der Waals surface area contributed by atoms with Crippen molar-refractivity contribution in [2.75, 3.05) is 16.8 Å². The summed E-state index contributed by atoms with van der Waals surface area (Å²) < 4.78 is 0. The van der Waals surface area contributed by atoms with Gasteiger partial charge in [0.2, 0.25) is 11.8 Å². The summed E-state index contributed by atoms with van der Waals surface area (Å²) in [5, 5.41) is 3.06. The van der Waals surface area contributed by atoms with Crippen LogP contribution in [0.3, 0.4) is 0 Å². The third-order valence-electron chi connectivity index (χ3n) is 4.39. The molecule has 0 radical (unpaired) electrons. The van der Waals surface area contributed by atoms with Crippen molar-refractivity contribution in [2.24, 2.45) is 0 Å². The van der Waals surface area contributed by atoms with Crippen molar-refractivity contribution in [1.29, 1.82) is 0 Å². The van der Waals surface area contributed by atoms with Gasteiger partial charge in [-0.1, -0.05) is 64.1 Å². The van der Waals surface area contributed by atoms with E-state index in [9.17, 15) is 9.59 Å². The molecular formula is C22H28N2O2. The highest BCUT2D eigenvalue weighted by Crippen LogP contribution is 2.32. The first-order chi connectivity index (χ1) is 12.3. The van der Waals surface area contributed by atoms with Crippen LogP contribution in [0.5, 0.6) is 0 Å². The van der Waals surface area contributed by atoms with E-state index in [2.05, 4.69) is 33.0 Å². The van der Waals surface area contributed by atoms with Crippen LogP contribution in [-0.2, 0) is 9.59 Å². The predicted octanol–water partition coefficient (Wildman–Crippen LogP) is 4.93. The van der Waals surface area contributed by atoms with E-state index in [1.165, 1.54) is 11.8 Å². The molecular weight excluding hydrogens is 324 g/mol. The highest BCUT2D eigenvalue weighted by atomic mass is 16.2. The molecule has 0 heterocycles. The van der Waals surface area contributed by atoms with E-state index in [-0.39, 0.29) is 18.4 Å². The quantitative estimate of drug-likeness (QED) is 0.802. The van der Waals surface area contributed by atoms with Crippen LogP contribution in [0.15, 0.2) is 48.5 Å². The molecule has 2 amide bonds. The molecule has 0 spiro atoms. The lowest BCUT2D eigenvalue weighted by Gasteiger charge is -2.23. The van der Waals surface area contributed by atoms with Crippen LogP contribution in [0, 0.1) is 0 Å². The standard InChI is InChI=1S/C22H28N2O2/c1-15(2)19-12-9-13-20(16(3)4)22(19)23-21(26)14-24(17(5)25)18-10-7-6-8-11-18/h6-13,15-16H,14H2,1-5H3,(H,23,26). The van der Waals surface area contributed by atoms with Gasteiger partial charge in [-0.2, -0.15) is 0 Å². The predicted molar refractivity (Wildman–Crippen MR) is 108 cm³/mol. The van der Waals surface area contributed by atoms with Crippen LogP contribution in [0.25, 0.3) is 0 Å². The van der Waals surface area contributed by atoms with Gasteiger partial charge >= 0.3 is 0 Å². The van der Waals surface area contributed by atoms with Crippen molar-refractivity contribution in [3.8, 4) is 0 Å². The maximum Gasteiger partial charge on any atom is 0.244 e. The zero-order valence-corrected chi connectivity index (χ0v) is 16.2. The van der Waals surface area contributed by atoms with Gasteiger partial charge in [0.25, 0.3) is 0 Å². The molecule has 0 saturated heterocycles. The van der Waals surface area contributed by atoms with E-state index in [1.54, 1.807) is 0 Å². The summed E-state index contributed by atoms with van der Waals surface area (Å²) in [5.41, 5.74) is 3.81. The maximum atomic E-state index is 12.7. The van der Waals surface area contributed by atoms with E-state index in [0.29, 0.717) is 11.8 Å². The molecule has 0 aliphatic heterocycles. The molecule has 4 nitrogen and oxygen atoms in total. The number of carbonyl (C=O) groups is 2. The Hall–Kier alpha value is -2.62. The molecule has 0 bridgehead atoms. The second-order valence-electron chi connectivity index (χ2n) is 7.11. The first-order valence-electron chi connectivity index (χ1n) is 9.07. The van der Waals surface area contributed by atoms with E-state index >= 15 is 0 Å². The number of benzene rings is 2. The number of rotatable bonds is 6. The Bertz CT molecular complexity index is 741. The Morgan fingerprint density at radius 2 is 1.42 bits per heavy atom. The molecule has 0 fully saturated rings. The number of amides is 2. The van der Waals surface area contributed by atoms with Crippen molar-refractivity contribution < 1.29 is 9.59 Å². The minimum Gasteiger partial charge on any atom is -0.324 e. The van der Waals surface area contributed by atoms with Gasteiger partial charge in [-0.25, -0.2) is 0 Å². The maximum absolute atomic E-state index is 12.7. The van der Waals surface area contributed by atoms with E-state index in [1.807, 2.05) is 48.5 Å². The van der Waals surface area contributed by atoms with Crippen molar-refractivity contribution in [2.45, 2.75) is 46.5 Å². The van der Waals surface area contributed by atoms with Gasteiger partial charge in [0.1, 0.15) is 6.54 Å². The van der Waals surface area contributed by atoms with Gasteiger partial charge < -0.3 is 10.2 Å². The van der Waals surface area contributed by atoms with Gasteiger partial charge in [-0.3, -0.25) is 9.59 Å². The zero-order chi connectivity index (χ0) is 19.3. The van der Waals surface area contributed by atoms with E-state index in [4.69, 9.17) is 0 Å². The third kappa shape index (κ3) is 4.72. The van der Waals surface area contributed by atoms with Crippen LogP contribution >= 0.6 is 0 Å². The van der Waals surface area contributed by atoms with Crippen LogP contribution in [0.1, 0.15) is 57.6 Å². The average Bonchev–Trinajstić information content (AvgIpc) is 2.60. The van der Waals surface area contributed by atoms with Crippen molar-refractivity contribution in [1.82, 2.24) is 0 Å². The summed E-state index contributed by atoms with van der Waals surface area (Å²) in [4.78, 5) is 26.3. The zero-order valence-electron chi connectivity index (χ0n) is 16.2. The van der Waals surface area contributed by atoms with Gasteiger partial charge in [0, 0.05) is 18.3 Å². The van der Waals surface area contributed by atoms with Gasteiger partial charge in [0.05, 0.1) is 0 Å². The van der Waals surface area contributed by atoms with Crippen LogP contribution in [-0.4, -0.2) is 18.4 Å². The number of carbonyl (C=O) groups excluding carboxylic acids is 2. The smallest absolute Gasteiger partial charge is 0.244 e. The molecule has 0 atom stereocenters. The molecule has 2 aromatic rings.